The third-order valence-corrected chi connectivity index (χ3v) is 6.29. The number of nitrogens with one attached hydrogen (secondary N) is 1. The number of aryl methyl sites for hydroxylation is 1. The van der Waals surface area contributed by atoms with E-state index in [0.717, 1.165) is 29.9 Å². The van der Waals surface area contributed by atoms with Crippen LogP contribution < -0.4 is 10.1 Å². The maximum atomic E-state index is 13.3. The van der Waals surface area contributed by atoms with Gasteiger partial charge in [0, 0.05) is 18.8 Å². The highest BCUT2D eigenvalue weighted by atomic mass is 32.2. The SMILES string of the molecule is CCCCNC(=O)[C@H](CC)N(Cc1ccc(OC)cc1)C(=O)CSCc1cccc(C)c1. The van der Waals surface area contributed by atoms with E-state index in [1.807, 2.05) is 37.3 Å². The van der Waals surface area contributed by atoms with E-state index in [-0.39, 0.29) is 11.8 Å². The molecule has 0 aliphatic carbocycles. The number of methoxy groups -OCH3 is 1. The van der Waals surface area contributed by atoms with Crippen LogP contribution in [-0.2, 0) is 21.9 Å². The zero-order chi connectivity index (χ0) is 23.3. The van der Waals surface area contributed by atoms with Crippen molar-refractivity contribution in [3.8, 4) is 5.75 Å². The van der Waals surface area contributed by atoms with Crippen molar-refractivity contribution in [1.82, 2.24) is 10.2 Å². The first-order valence-corrected chi connectivity index (χ1v) is 12.5. The second kappa shape index (κ2) is 13.8. The van der Waals surface area contributed by atoms with Gasteiger partial charge in [-0.2, -0.15) is 0 Å². The van der Waals surface area contributed by atoms with Crippen molar-refractivity contribution in [3.63, 3.8) is 0 Å². The fourth-order valence-electron chi connectivity index (χ4n) is 3.49. The van der Waals surface area contributed by atoms with Gasteiger partial charge in [0.05, 0.1) is 12.9 Å². The molecular weight excluding hydrogens is 420 g/mol. The lowest BCUT2D eigenvalue weighted by Crippen LogP contribution is -2.49. The number of thioether (sulfide) groups is 1. The molecule has 0 heterocycles. The molecule has 2 aromatic rings. The van der Waals surface area contributed by atoms with Crippen molar-refractivity contribution in [1.29, 1.82) is 0 Å². The zero-order valence-corrected chi connectivity index (χ0v) is 20.5. The molecule has 0 saturated carbocycles. The van der Waals surface area contributed by atoms with Crippen LogP contribution in [0.4, 0.5) is 0 Å². The van der Waals surface area contributed by atoms with Gasteiger partial charge >= 0.3 is 0 Å². The third-order valence-electron chi connectivity index (χ3n) is 5.30. The molecule has 0 spiro atoms. The zero-order valence-electron chi connectivity index (χ0n) is 19.7. The van der Waals surface area contributed by atoms with Crippen LogP contribution in [0.2, 0.25) is 0 Å². The molecule has 0 aliphatic heterocycles. The van der Waals surface area contributed by atoms with Crippen LogP contribution in [0.3, 0.4) is 0 Å². The van der Waals surface area contributed by atoms with Crippen LogP contribution in [-0.4, -0.2) is 42.2 Å². The molecular formula is C26H36N2O3S. The molecule has 5 nitrogen and oxygen atoms in total. The molecule has 174 valence electrons. The minimum atomic E-state index is -0.485. The number of nitrogens with zero attached hydrogens (tertiary/aromatic N) is 1. The number of rotatable bonds is 13. The van der Waals surface area contributed by atoms with E-state index in [2.05, 4.69) is 37.4 Å². The second-order valence-corrected chi connectivity index (χ2v) is 8.91. The molecule has 1 atom stereocenters. The number of hydrogen-bond donors (Lipinski definition) is 1. The highest BCUT2D eigenvalue weighted by Gasteiger charge is 2.28. The van der Waals surface area contributed by atoms with Gasteiger partial charge in [-0.3, -0.25) is 9.59 Å². The number of carbonyl (C=O) groups excluding carboxylic acids is 2. The summed E-state index contributed by atoms with van der Waals surface area (Å²) in [6.45, 7) is 7.15. The minimum absolute atomic E-state index is 0.0176. The average molecular weight is 457 g/mol. The Morgan fingerprint density at radius 1 is 1.09 bits per heavy atom. The van der Waals surface area contributed by atoms with Crippen molar-refractivity contribution < 1.29 is 14.3 Å². The quantitative estimate of drug-likeness (QED) is 0.433. The summed E-state index contributed by atoms with van der Waals surface area (Å²) in [4.78, 5) is 27.9. The highest BCUT2D eigenvalue weighted by molar-refractivity contribution is 7.99. The number of ether oxygens (including phenoxy) is 1. The summed E-state index contributed by atoms with van der Waals surface area (Å²) in [5.41, 5.74) is 3.39. The summed E-state index contributed by atoms with van der Waals surface area (Å²) in [5.74, 6) is 1.78. The van der Waals surface area contributed by atoms with Crippen molar-refractivity contribution >= 4 is 23.6 Å². The predicted molar refractivity (Wildman–Crippen MR) is 133 cm³/mol. The van der Waals surface area contributed by atoms with E-state index in [1.165, 1.54) is 11.1 Å². The van der Waals surface area contributed by atoms with Gasteiger partial charge in [0.15, 0.2) is 0 Å². The molecule has 2 rings (SSSR count). The number of hydrogen-bond acceptors (Lipinski definition) is 4. The number of unbranched alkanes of at least 4 members (excludes halogenated alkanes) is 1. The van der Waals surface area contributed by atoms with E-state index in [9.17, 15) is 9.59 Å². The van der Waals surface area contributed by atoms with Gasteiger partial charge in [-0.05, 0) is 43.0 Å². The first kappa shape index (κ1) is 25.8. The summed E-state index contributed by atoms with van der Waals surface area (Å²) in [7, 11) is 1.63. The smallest absolute Gasteiger partial charge is 0.242 e. The molecule has 0 fully saturated rings. The molecule has 0 aliphatic rings. The molecule has 32 heavy (non-hydrogen) atoms. The van der Waals surface area contributed by atoms with Crippen molar-refractivity contribution in [2.24, 2.45) is 0 Å². The van der Waals surface area contributed by atoms with Gasteiger partial charge in [0.25, 0.3) is 0 Å². The monoisotopic (exact) mass is 456 g/mol. The molecule has 0 aromatic heterocycles. The average Bonchev–Trinajstić information content (AvgIpc) is 2.79. The number of amides is 2. The van der Waals surface area contributed by atoms with E-state index in [1.54, 1.807) is 23.8 Å². The van der Waals surface area contributed by atoms with E-state index < -0.39 is 6.04 Å². The maximum Gasteiger partial charge on any atom is 0.242 e. The van der Waals surface area contributed by atoms with Crippen LogP contribution in [0.25, 0.3) is 0 Å². The van der Waals surface area contributed by atoms with Crippen LogP contribution in [0, 0.1) is 6.92 Å². The maximum absolute atomic E-state index is 13.3. The van der Waals surface area contributed by atoms with Gasteiger partial charge < -0.3 is 15.0 Å². The molecule has 1 N–H and O–H groups in total. The Kier molecular flexibility index (Phi) is 11.2. The second-order valence-electron chi connectivity index (χ2n) is 7.92. The van der Waals surface area contributed by atoms with Crippen LogP contribution in [0.5, 0.6) is 5.75 Å². The van der Waals surface area contributed by atoms with Crippen molar-refractivity contribution in [3.05, 3.63) is 65.2 Å². The van der Waals surface area contributed by atoms with Crippen molar-refractivity contribution in [2.75, 3.05) is 19.4 Å². The summed E-state index contributed by atoms with van der Waals surface area (Å²) in [5, 5.41) is 3.00. The molecule has 0 bridgehead atoms. The number of carbonyl (C=O) groups is 2. The molecule has 2 amide bonds. The Labute approximate surface area is 196 Å². The molecule has 2 aromatic carbocycles. The fraction of sp³-hybridized carbons (Fsp3) is 0.462. The first-order chi connectivity index (χ1) is 15.5. The van der Waals surface area contributed by atoms with Crippen LogP contribution in [0.1, 0.15) is 49.8 Å². The number of benzene rings is 2. The standard InChI is InChI=1S/C26H36N2O3S/c1-5-7-15-27-26(30)24(6-2)28(17-21-11-13-23(31-4)14-12-21)25(29)19-32-18-22-10-8-9-20(3)16-22/h8-14,16,24H,5-7,15,17-19H2,1-4H3,(H,27,30)/t24-/m0/s1. The summed E-state index contributed by atoms with van der Waals surface area (Å²) in [6, 6.07) is 15.5. The molecule has 0 saturated heterocycles. The van der Waals surface area contributed by atoms with Crippen LogP contribution >= 0.6 is 11.8 Å². The third kappa shape index (κ3) is 8.23. The Bertz CT molecular complexity index is 854. The van der Waals surface area contributed by atoms with E-state index >= 15 is 0 Å². The van der Waals surface area contributed by atoms with Gasteiger partial charge in [0.1, 0.15) is 11.8 Å². The van der Waals surface area contributed by atoms with Crippen molar-refractivity contribution in [2.45, 2.75) is 58.4 Å². The van der Waals surface area contributed by atoms with E-state index in [0.29, 0.717) is 25.3 Å². The summed E-state index contributed by atoms with van der Waals surface area (Å²) in [6.07, 6.45) is 2.52. The lowest BCUT2D eigenvalue weighted by molar-refractivity contribution is -0.139. The molecule has 6 heteroatoms. The normalized spacial score (nSPS) is 11.6. The lowest BCUT2D eigenvalue weighted by Gasteiger charge is -2.30. The van der Waals surface area contributed by atoms with Crippen LogP contribution in [0.15, 0.2) is 48.5 Å². The Hall–Kier alpha value is -2.47. The Morgan fingerprint density at radius 3 is 2.47 bits per heavy atom. The first-order valence-electron chi connectivity index (χ1n) is 11.3. The Balaban J connectivity index is 2.10. The van der Waals surface area contributed by atoms with Gasteiger partial charge in [-0.15, -0.1) is 11.8 Å². The van der Waals surface area contributed by atoms with Gasteiger partial charge in [-0.1, -0.05) is 62.2 Å². The predicted octanol–water partition coefficient (Wildman–Crippen LogP) is 4.96. The Morgan fingerprint density at radius 2 is 1.84 bits per heavy atom. The minimum Gasteiger partial charge on any atom is -0.497 e. The highest BCUT2D eigenvalue weighted by Crippen LogP contribution is 2.19. The van der Waals surface area contributed by atoms with Gasteiger partial charge in [-0.25, -0.2) is 0 Å². The molecule has 0 unspecified atom stereocenters. The topological polar surface area (TPSA) is 58.6 Å². The van der Waals surface area contributed by atoms with E-state index in [4.69, 9.17) is 4.74 Å². The van der Waals surface area contributed by atoms with Gasteiger partial charge in [0.2, 0.25) is 11.8 Å². The summed E-state index contributed by atoms with van der Waals surface area (Å²) >= 11 is 1.59. The molecule has 0 radical (unpaired) electrons. The largest absolute Gasteiger partial charge is 0.497 e. The fourth-order valence-corrected chi connectivity index (χ4v) is 4.35. The summed E-state index contributed by atoms with van der Waals surface area (Å²) < 4.78 is 5.24. The lowest BCUT2D eigenvalue weighted by atomic mass is 10.1.